The second kappa shape index (κ2) is 36.1. The zero-order chi connectivity index (χ0) is 86.9. The topological polar surface area (TPSA) is 243 Å². The fourth-order valence-corrected chi connectivity index (χ4v) is 21.0. The molecule has 0 saturated carbocycles. The molecule has 40 heteroatoms. The summed E-state index contributed by atoms with van der Waals surface area (Å²) in [5.74, 6) is 0.0789. The van der Waals surface area contributed by atoms with Crippen molar-refractivity contribution in [1.82, 2.24) is 84.6 Å². The number of rotatable bonds is 28. The summed E-state index contributed by atoms with van der Waals surface area (Å²) < 4.78 is 165. The van der Waals surface area contributed by atoms with Crippen LogP contribution in [0.3, 0.4) is 0 Å². The molecule has 6 fully saturated rings. The number of likely N-dealkylation sites (tertiary alicyclic amines) is 3. The molecule has 15 rings (SSSR count). The highest BCUT2D eigenvalue weighted by Gasteiger charge is 2.48. The lowest BCUT2D eigenvalue weighted by molar-refractivity contribution is -0.141. The summed E-state index contributed by atoms with van der Waals surface area (Å²) in [7, 11) is -3.10. The van der Waals surface area contributed by atoms with Gasteiger partial charge in [-0.2, -0.15) is 54.8 Å². The summed E-state index contributed by atoms with van der Waals surface area (Å²) in [6.07, 6.45) is -5.60. The molecule has 6 aliphatic heterocycles. The third-order valence-electron chi connectivity index (χ3n) is 25.1. The number of carbonyl (C=O) groups excluding carboxylic acids is 2. The minimum absolute atomic E-state index is 0.0206. The van der Waals surface area contributed by atoms with Gasteiger partial charge in [-0.15, -0.1) is 0 Å². The standard InChI is InChI=1S/C82H95Cl6F9N20O4S/c1-44(2)78(118)98-16-20-110-33-47(23-50(36-110)53-40-113(41-53)66-30-100-69-72(80(89,90)91)106-115(75(69)103-66)46(5)58-13-10-55(83)27-61(58)86)26-65(60-15-12-57(85)29-63(60)88)117-77-71(74(108-117)82(95,96)97)102-32-68(105-77)114-42-54(43-114)51-24-48(34-111(37-51)21-17-99-79(119)45(3)4)25-64(59-14-11-56(84)28-62(59)87)116-76-70(73(107-116)81(92,93)94)101-31-67(104-76)112-38-52(39-112)49-9-7-18-109(35-49)19-8-22-122(6,120)121/h10-15,27-32,44-54,64-65H,7-9,16-26,33-43H2,1-6H3,(H,98,118)(H,99,119)/t46-,47?,48?,49+,50-,51+,64-,65-/m1/s1. The molecule has 2 unspecified atom stereocenters. The lowest BCUT2D eigenvalue weighted by Gasteiger charge is -2.49. The van der Waals surface area contributed by atoms with Gasteiger partial charge in [-0.1, -0.05) is 115 Å². The molecule has 2 N–H and O–H groups in total. The van der Waals surface area contributed by atoms with E-state index in [2.05, 4.69) is 55.6 Å². The van der Waals surface area contributed by atoms with Crippen molar-refractivity contribution in [2.75, 3.05) is 138 Å². The number of amides is 2. The van der Waals surface area contributed by atoms with Crippen LogP contribution in [-0.4, -0.2) is 217 Å². The van der Waals surface area contributed by atoms with Gasteiger partial charge in [0, 0.05) is 146 Å². The van der Waals surface area contributed by atoms with Crippen LogP contribution in [-0.2, 0) is 38.0 Å². The number of carbonyl (C=O) groups is 2. The van der Waals surface area contributed by atoms with Crippen LogP contribution in [0.5, 0.6) is 0 Å². The summed E-state index contributed by atoms with van der Waals surface area (Å²) in [6.45, 7) is 17.5. The lowest BCUT2D eigenvalue weighted by atomic mass is 9.75. The van der Waals surface area contributed by atoms with E-state index in [9.17, 15) is 31.2 Å². The van der Waals surface area contributed by atoms with E-state index >= 15 is 26.3 Å². The van der Waals surface area contributed by atoms with Gasteiger partial charge >= 0.3 is 18.5 Å². The monoisotopic (exact) mass is 1840 g/mol. The zero-order valence-corrected chi connectivity index (χ0v) is 73.2. The van der Waals surface area contributed by atoms with Gasteiger partial charge in [0.2, 0.25) is 11.8 Å². The molecule has 6 saturated heterocycles. The number of hydrogen-bond donors (Lipinski definition) is 2. The van der Waals surface area contributed by atoms with Gasteiger partial charge in [-0.05, 0) is 165 Å². The largest absolute Gasteiger partial charge is 0.437 e. The second-order valence-corrected chi connectivity index (χ2v) is 39.4. The average molecular weight is 1840 g/mol. The predicted molar refractivity (Wildman–Crippen MR) is 452 cm³/mol. The third kappa shape index (κ3) is 19.9. The number of benzene rings is 3. The van der Waals surface area contributed by atoms with E-state index in [1.165, 1.54) is 52.4 Å². The molecule has 122 heavy (non-hydrogen) atoms. The summed E-state index contributed by atoms with van der Waals surface area (Å²) in [5.41, 5.74) is -4.07. The van der Waals surface area contributed by atoms with Crippen molar-refractivity contribution in [3.8, 4) is 0 Å². The molecule has 8 atom stereocenters. The molecule has 6 aliphatic rings. The average Bonchev–Trinajstić information content (AvgIpc) is 1.60. The van der Waals surface area contributed by atoms with Gasteiger partial charge in [0.1, 0.15) is 43.8 Å². The molecule has 24 nitrogen and oxygen atoms in total. The van der Waals surface area contributed by atoms with E-state index < -0.39 is 80.1 Å². The fraction of sp³-hybridized carbons (Fsp3) is 0.573. The number of aromatic nitrogens is 12. The van der Waals surface area contributed by atoms with Crippen LogP contribution in [0.25, 0.3) is 33.5 Å². The first kappa shape index (κ1) is 89.4. The first-order valence-electron chi connectivity index (χ1n) is 41.2. The summed E-state index contributed by atoms with van der Waals surface area (Å²) >= 11 is 40.2. The van der Waals surface area contributed by atoms with E-state index in [1.54, 1.807) is 71.0 Å². The normalized spacial score (nSPS) is 21.3. The molecule has 0 aliphatic carbocycles. The molecule has 9 aromatic rings. The molecule has 6 aromatic heterocycles. The Kier molecular flexibility index (Phi) is 26.5. The van der Waals surface area contributed by atoms with Crippen molar-refractivity contribution in [3.63, 3.8) is 0 Å². The van der Waals surface area contributed by atoms with E-state index in [0.717, 1.165) is 30.6 Å². The molecule has 658 valence electrons. The molecule has 0 bridgehead atoms. The lowest BCUT2D eigenvalue weighted by Crippen LogP contribution is -2.55. The van der Waals surface area contributed by atoms with E-state index in [0.29, 0.717) is 162 Å². The Hall–Kier alpha value is -7.41. The maximum atomic E-state index is 15.7. The quantitative estimate of drug-likeness (QED) is 0.0433. The van der Waals surface area contributed by atoms with Crippen LogP contribution in [0.1, 0.15) is 131 Å². The molecule has 2 amide bonds. The summed E-state index contributed by atoms with van der Waals surface area (Å²) in [4.78, 5) is 66.8. The van der Waals surface area contributed by atoms with Gasteiger partial charge in [0.25, 0.3) is 0 Å². The van der Waals surface area contributed by atoms with Gasteiger partial charge in [-0.25, -0.2) is 52.4 Å². The van der Waals surface area contributed by atoms with E-state index in [-0.39, 0.29) is 127 Å². The highest BCUT2D eigenvalue weighted by Crippen LogP contribution is 2.48. The van der Waals surface area contributed by atoms with Crippen molar-refractivity contribution in [3.05, 3.63) is 137 Å². The highest BCUT2D eigenvalue weighted by molar-refractivity contribution is 7.90. The third-order valence-corrected chi connectivity index (χ3v) is 27.8. The number of piperidine rings is 3. The SMILES string of the molecule is CC(C)C(=O)NCCN1CC(C[C@H](c2ccc(Cl)cc2Cl)n2nc(C(F)(F)F)c3ncc(N4CC([C@H]5CC(C[C@H](c6ccc(Cl)cc6Cl)n6nc(C(F)(F)F)c7ncc(N8CC([C@H]9CCCN(CCCS(C)(=O)=O)C9)C8)nc76)CN(CCNC(=O)C(C)C)C5)C4)nc32)C[C@@H](C2CN(c3cnc4c(C(F)(F)F)nn([C@H](C)c5ccc(Cl)cc5Cl)c4n3)C2)C1. The number of hydrogen-bond acceptors (Lipinski definition) is 19. The van der Waals surface area contributed by atoms with E-state index in [4.69, 9.17) is 84.6 Å². The van der Waals surface area contributed by atoms with Gasteiger partial charge in [0.05, 0.1) is 42.5 Å². The molecular weight excluding hydrogens is 1740 g/mol. The van der Waals surface area contributed by atoms with Crippen LogP contribution < -0.4 is 25.3 Å². The van der Waals surface area contributed by atoms with Crippen LogP contribution in [0.2, 0.25) is 30.1 Å². The first-order valence-corrected chi connectivity index (χ1v) is 45.6. The number of nitrogens with zero attached hydrogens (tertiary/aromatic N) is 18. The fourth-order valence-electron chi connectivity index (χ4n) is 18.7. The molecule has 3 aromatic carbocycles. The minimum Gasteiger partial charge on any atom is -0.355 e. The van der Waals surface area contributed by atoms with Gasteiger partial charge in [-0.3, -0.25) is 9.59 Å². The number of alkyl halides is 9. The molecule has 0 radical (unpaired) electrons. The molecular formula is C82H95Cl6F9N20O4S. The van der Waals surface area contributed by atoms with Crippen molar-refractivity contribution in [2.24, 2.45) is 59.2 Å². The Bertz CT molecular complexity index is 5450. The minimum atomic E-state index is -5.01. The predicted octanol–water partition coefficient (Wildman–Crippen LogP) is 15.9. The number of nitrogens with one attached hydrogen (secondary N) is 2. The van der Waals surface area contributed by atoms with Crippen molar-refractivity contribution < 1.29 is 57.5 Å². The Balaban J connectivity index is 0.702. The number of sulfone groups is 1. The van der Waals surface area contributed by atoms with Crippen LogP contribution in [0.4, 0.5) is 57.0 Å². The van der Waals surface area contributed by atoms with Gasteiger partial charge in [0.15, 0.2) is 34.0 Å². The summed E-state index contributed by atoms with van der Waals surface area (Å²) in [6, 6.07) is 11.5. The second-order valence-electron chi connectivity index (χ2n) is 34.6. The Morgan fingerprint density at radius 2 is 0.828 bits per heavy atom. The number of fused-ring (bicyclic) bond motifs is 3. The van der Waals surface area contributed by atoms with Crippen LogP contribution in [0.15, 0.2) is 73.2 Å². The first-order chi connectivity index (χ1) is 57.7. The number of anilines is 3. The maximum absolute atomic E-state index is 15.7. The Morgan fingerprint density at radius 1 is 0.467 bits per heavy atom. The Labute approximate surface area is 730 Å². The smallest absolute Gasteiger partial charge is 0.355 e. The van der Waals surface area contributed by atoms with Gasteiger partial charge < -0.3 is 40.0 Å². The van der Waals surface area contributed by atoms with Crippen LogP contribution >= 0.6 is 69.6 Å². The van der Waals surface area contributed by atoms with Crippen molar-refractivity contribution >= 4 is 142 Å². The van der Waals surface area contributed by atoms with Crippen molar-refractivity contribution in [2.45, 2.75) is 116 Å². The Morgan fingerprint density at radius 3 is 1.20 bits per heavy atom. The van der Waals surface area contributed by atoms with Crippen LogP contribution in [0, 0.1) is 59.2 Å². The summed E-state index contributed by atoms with van der Waals surface area (Å²) in [5, 5.41) is 20.3. The number of halogens is 15. The molecule has 0 spiro atoms. The highest BCUT2D eigenvalue weighted by atomic mass is 35.5. The van der Waals surface area contributed by atoms with E-state index in [1.807, 2.05) is 14.7 Å². The van der Waals surface area contributed by atoms with Crippen molar-refractivity contribution in [1.29, 1.82) is 0 Å². The zero-order valence-electron chi connectivity index (χ0n) is 67.9. The molecule has 12 heterocycles. The maximum Gasteiger partial charge on any atom is 0.437 e.